The topological polar surface area (TPSA) is 57.4 Å². The van der Waals surface area contributed by atoms with Crippen molar-refractivity contribution in [2.45, 2.75) is 57.7 Å². The lowest BCUT2D eigenvalue weighted by atomic mass is 9.95. The molecule has 25 heavy (non-hydrogen) atoms. The molecule has 0 saturated heterocycles. The summed E-state index contributed by atoms with van der Waals surface area (Å²) >= 11 is 6.49. The summed E-state index contributed by atoms with van der Waals surface area (Å²) in [7, 11) is 0. The fraction of sp³-hybridized carbons (Fsp3) is 0.579. The van der Waals surface area contributed by atoms with Crippen LogP contribution in [0.4, 0.5) is 0 Å². The van der Waals surface area contributed by atoms with Crippen LogP contribution in [-0.4, -0.2) is 40.1 Å². The Morgan fingerprint density at radius 1 is 1.28 bits per heavy atom. The van der Waals surface area contributed by atoms with Gasteiger partial charge < -0.3 is 20.1 Å². The van der Waals surface area contributed by atoms with Gasteiger partial charge in [0.2, 0.25) is 0 Å². The van der Waals surface area contributed by atoms with E-state index in [2.05, 4.69) is 16.0 Å². The van der Waals surface area contributed by atoms with Gasteiger partial charge in [-0.15, -0.1) is 12.4 Å². The van der Waals surface area contributed by atoms with Crippen molar-refractivity contribution in [2.75, 3.05) is 13.2 Å². The predicted octanol–water partition coefficient (Wildman–Crippen LogP) is 3.32. The first-order valence-corrected chi connectivity index (χ1v) is 9.34. The van der Waals surface area contributed by atoms with E-state index in [1.807, 2.05) is 19.1 Å². The van der Waals surface area contributed by atoms with Crippen LogP contribution in [0.1, 0.15) is 37.4 Å². The second-order valence-corrected chi connectivity index (χ2v) is 7.14. The predicted molar refractivity (Wildman–Crippen MR) is 106 cm³/mol. The molecule has 2 atom stereocenters. The summed E-state index contributed by atoms with van der Waals surface area (Å²) in [5.41, 5.74) is 3.79. The van der Waals surface area contributed by atoms with Crippen molar-refractivity contribution < 1.29 is 10.2 Å². The Labute approximate surface area is 160 Å². The maximum absolute atomic E-state index is 10.5. The minimum atomic E-state index is -0.511. The molecule has 0 radical (unpaired) electrons. The van der Waals surface area contributed by atoms with Gasteiger partial charge in [0, 0.05) is 23.7 Å². The van der Waals surface area contributed by atoms with Crippen molar-refractivity contribution in [1.82, 2.24) is 9.88 Å². The number of hydrogen-bond donors (Lipinski definition) is 3. The zero-order valence-corrected chi connectivity index (χ0v) is 16.2. The maximum Gasteiger partial charge on any atom is 0.0843 e. The zero-order chi connectivity index (χ0) is 17.1. The minimum absolute atomic E-state index is 0. The largest absolute Gasteiger partial charge is 0.395 e. The molecule has 3 rings (SSSR count). The number of nitrogens with one attached hydrogen (secondary N) is 1. The first-order valence-electron chi connectivity index (χ1n) is 8.96. The summed E-state index contributed by atoms with van der Waals surface area (Å²) < 4.78 is 2.22. The molecule has 2 unspecified atom stereocenters. The third-order valence-corrected chi connectivity index (χ3v) is 5.40. The molecule has 1 aromatic carbocycles. The van der Waals surface area contributed by atoms with E-state index < -0.39 is 6.10 Å². The minimum Gasteiger partial charge on any atom is -0.395 e. The third-order valence-electron chi connectivity index (χ3n) is 5.10. The first-order chi connectivity index (χ1) is 11.7. The molecular weight excluding hydrogens is 359 g/mol. The van der Waals surface area contributed by atoms with Gasteiger partial charge in [0.15, 0.2) is 0 Å². The van der Waals surface area contributed by atoms with E-state index in [1.165, 1.54) is 29.5 Å². The highest BCUT2D eigenvalue weighted by Gasteiger charge is 2.22. The van der Waals surface area contributed by atoms with E-state index in [9.17, 15) is 10.2 Å². The van der Waals surface area contributed by atoms with Gasteiger partial charge in [-0.3, -0.25) is 0 Å². The molecule has 0 saturated carbocycles. The molecule has 1 aliphatic rings. The number of halogens is 2. The molecule has 1 aliphatic carbocycles. The van der Waals surface area contributed by atoms with Crippen molar-refractivity contribution in [3.63, 3.8) is 0 Å². The summed E-state index contributed by atoms with van der Waals surface area (Å²) in [6, 6.07) is 6.12. The lowest BCUT2D eigenvalue weighted by Crippen LogP contribution is -2.39. The van der Waals surface area contributed by atoms with Crippen molar-refractivity contribution in [2.24, 2.45) is 0 Å². The Balaban J connectivity index is 0.00000225. The molecule has 1 aromatic heterocycles. The van der Waals surface area contributed by atoms with Crippen molar-refractivity contribution in [3.05, 3.63) is 34.5 Å². The average Bonchev–Trinajstić information content (AvgIpc) is 2.91. The lowest BCUT2D eigenvalue weighted by Gasteiger charge is -2.21. The highest BCUT2D eigenvalue weighted by molar-refractivity contribution is 6.35. The van der Waals surface area contributed by atoms with Crippen LogP contribution in [0.15, 0.2) is 18.2 Å². The summed E-state index contributed by atoms with van der Waals surface area (Å²) in [5.74, 6) is 0. The molecule has 0 amide bonds. The quantitative estimate of drug-likeness (QED) is 0.683. The van der Waals surface area contributed by atoms with Gasteiger partial charge in [0.25, 0.3) is 0 Å². The SMILES string of the molecule is CCC(CO)NCC(O)Cn1c2c(c3cccc(Cl)c31)CCCC2.Cl. The Bertz CT molecular complexity index is 698. The second-order valence-electron chi connectivity index (χ2n) is 6.73. The normalized spacial score (nSPS) is 16.3. The highest BCUT2D eigenvalue weighted by Crippen LogP contribution is 2.35. The molecular formula is C19H28Cl2N2O2. The van der Waals surface area contributed by atoms with Crippen LogP contribution in [-0.2, 0) is 19.4 Å². The Morgan fingerprint density at radius 2 is 2.04 bits per heavy atom. The van der Waals surface area contributed by atoms with E-state index >= 15 is 0 Å². The zero-order valence-electron chi connectivity index (χ0n) is 14.7. The van der Waals surface area contributed by atoms with Crippen LogP contribution >= 0.6 is 24.0 Å². The average molecular weight is 387 g/mol. The summed E-state index contributed by atoms with van der Waals surface area (Å²) in [4.78, 5) is 0. The number of para-hydroxylation sites is 1. The Morgan fingerprint density at radius 3 is 2.76 bits per heavy atom. The molecule has 0 fully saturated rings. The summed E-state index contributed by atoms with van der Waals surface area (Å²) in [6.45, 7) is 3.12. The van der Waals surface area contributed by atoms with Gasteiger partial charge >= 0.3 is 0 Å². The Kier molecular flexibility index (Phi) is 7.59. The second kappa shape index (κ2) is 9.24. The lowest BCUT2D eigenvalue weighted by molar-refractivity contribution is 0.139. The smallest absolute Gasteiger partial charge is 0.0843 e. The summed E-state index contributed by atoms with van der Waals surface area (Å²) in [5, 5.41) is 25.0. The van der Waals surface area contributed by atoms with Crippen LogP contribution in [0.3, 0.4) is 0 Å². The summed E-state index contributed by atoms with van der Waals surface area (Å²) in [6.07, 6.45) is 4.89. The molecule has 2 aromatic rings. The molecule has 1 heterocycles. The Hall–Kier alpha value is -0.780. The van der Waals surface area contributed by atoms with Crippen LogP contribution in [0.2, 0.25) is 5.02 Å². The molecule has 4 nitrogen and oxygen atoms in total. The van der Waals surface area contributed by atoms with Crippen LogP contribution in [0.5, 0.6) is 0 Å². The van der Waals surface area contributed by atoms with Gasteiger partial charge in [0.1, 0.15) is 0 Å². The highest BCUT2D eigenvalue weighted by atomic mass is 35.5. The van der Waals surface area contributed by atoms with E-state index in [4.69, 9.17) is 11.6 Å². The number of benzene rings is 1. The number of aliphatic hydroxyl groups excluding tert-OH is 2. The van der Waals surface area contributed by atoms with Gasteiger partial charge in [-0.05, 0) is 43.7 Å². The third kappa shape index (κ3) is 4.32. The van der Waals surface area contributed by atoms with Crippen LogP contribution < -0.4 is 5.32 Å². The number of rotatable bonds is 7. The van der Waals surface area contributed by atoms with Crippen LogP contribution in [0.25, 0.3) is 10.9 Å². The fourth-order valence-electron chi connectivity index (χ4n) is 3.76. The van der Waals surface area contributed by atoms with Gasteiger partial charge in [-0.2, -0.15) is 0 Å². The standard InChI is InChI=1S/C19H27ClN2O2.ClH/c1-2-13(12-23)21-10-14(24)11-22-18-9-4-3-6-15(18)16-7-5-8-17(20)19(16)22;/h5,7-8,13-14,21,23-24H,2-4,6,9-12H2,1H3;1H. The van der Waals surface area contributed by atoms with E-state index in [-0.39, 0.29) is 25.1 Å². The van der Waals surface area contributed by atoms with E-state index in [0.717, 1.165) is 29.8 Å². The number of aryl methyl sites for hydroxylation is 1. The fourth-order valence-corrected chi connectivity index (χ4v) is 4.04. The monoisotopic (exact) mass is 386 g/mol. The molecule has 3 N–H and O–H groups in total. The number of nitrogens with zero attached hydrogens (tertiary/aromatic N) is 1. The number of hydrogen-bond acceptors (Lipinski definition) is 3. The van der Waals surface area contributed by atoms with Crippen LogP contribution in [0, 0.1) is 0 Å². The van der Waals surface area contributed by atoms with Crippen molar-refractivity contribution >= 4 is 34.9 Å². The number of fused-ring (bicyclic) bond motifs is 3. The van der Waals surface area contributed by atoms with E-state index in [1.54, 1.807) is 0 Å². The van der Waals surface area contributed by atoms with Crippen molar-refractivity contribution in [3.8, 4) is 0 Å². The van der Waals surface area contributed by atoms with Gasteiger partial charge in [-0.1, -0.05) is 30.7 Å². The number of aliphatic hydroxyl groups is 2. The maximum atomic E-state index is 10.5. The molecule has 0 bridgehead atoms. The molecule has 140 valence electrons. The van der Waals surface area contributed by atoms with E-state index in [0.29, 0.717) is 13.1 Å². The molecule has 0 aliphatic heterocycles. The van der Waals surface area contributed by atoms with Gasteiger partial charge in [0.05, 0.1) is 29.8 Å². The number of aromatic nitrogens is 1. The van der Waals surface area contributed by atoms with Crippen molar-refractivity contribution in [1.29, 1.82) is 0 Å². The first kappa shape index (κ1) is 20.5. The van der Waals surface area contributed by atoms with Gasteiger partial charge in [-0.25, -0.2) is 0 Å². The molecule has 6 heteroatoms. The molecule has 0 spiro atoms.